The number of halogens is 4. The lowest BCUT2D eigenvalue weighted by Gasteiger charge is -2.20. The third kappa shape index (κ3) is 2.38. The molecule has 0 aromatic heterocycles. The highest BCUT2D eigenvalue weighted by molar-refractivity contribution is 9.40. The molecule has 0 heterocycles. The molecule has 6 heteroatoms. The maximum atomic E-state index is 11.0. The van der Waals surface area contributed by atoms with Crippen LogP contribution < -0.4 is 0 Å². The van der Waals surface area contributed by atoms with Crippen LogP contribution >= 0.6 is 63.7 Å². The van der Waals surface area contributed by atoms with Crippen molar-refractivity contribution in [3.05, 3.63) is 0 Å². The van der Waals surface area contributed by atoms with E-state index in [2.05, 4.69) is 63.7 Å². The summed E-state index contributed by atoms with van der Waals surface area (Å²) in [5.74, 6) is -0.891. The first-order chi connectivity index (χ1) is 6.10. The third-order valence-corrected chi connectivity index (χ3v) is 7.38. The SMILES string of the molecule is CC1(C)C(C(=O)O)C1C(Br)C(Br)(Br)Br. The van der Waals surface area contributed by atoms with Crippen molar-refractivity contribution < 1.29 is 9.90 Å². The lowest BCUT2D eigenvalue weighted by Crippen LogP contribution is -2.22. The van der Waals surface area contributed by atoms with Crippen LogP contribution in [0.3, 0.4) is 0 Å². The van der Waals surface area contributed by atoms with Crippen LogP contribution in [-0.2, 0) is 4.79 Å². The molecular formula is C8H10Br4O2. The van der Waals surface area contributed by atoms with Gasteiger partial charge in [-0.15, -0.1) is 0 Å². The highest BCUT2D eigenvalue weighted by Gasteiger charge is 2.66. The number of carboxylic acid groups (broad SMARTS) is 1. The van der Waals surface area contributed by atoms with Crippen LogP contribution in [0.1, 0.15) is 13.8 Å². The topological polar surface area (TPSA) is 37.3 Å². The molecule has 2 nitrogen and oxygen atoms in total. The van der Waals surface area contributed by atoms with E-state index in [1.165, 1.54) is 0 Å². The molecule has 3 unspecified atom stereocenters. The Bertz CT molecular complexity index is 259. The molecule has 0 aliphatic heterocycles. The Morgan fingerprint density at radius 2 is 1.86 bits per heavy atom. The second-order valence-corrected chi connectivity index (χ2v) is 12.0. The lowest BCUT2D eigenvalue weighted by molar-refractivity contribution is -0.139. The van der Waals surface area contributed by atoms with Gasteiger partial charge in [0.05, 0.1) is 10.7 Å². The number of carbonyl (C=O) groups is 1. The van der Waals surface area contributed by atoms with Gasteiger partial charge in [-0.2, -0.15) is 0 Å². The number of carboxylic acids is 1. The average molecular weight is 458 g/mol. The fourth-order valence-electron chi connectivity index (χ4n) is 1.90. The van der Waals surface area contributed by atoms with Gasteiger partial charge in [0.25, 0.3) is 0 Å². The molecule has 0 saturated heterocycles. The normalized spacial score (nSPS) is 32.4. The van der Waals surface area contributed by atoms with Crippen molar-refractivity contribution in [2.24, 2.45) is 17.3 Å². The number of hydrogen-bond acceptors (Lipinski definition) is 1. The molecule has 0 bridgehead atoms. The summed E-state index contributed by atoms with van der Waals surface area (Å²) < 4.78 is -0.445. The maximum Gasteiger partial charge on any atom is 0.307 e. The van der Waals surface area contributed by atoms with Gasteiger partial charge in [-0.25, -0.2) is 0 Å². The predicted octanol–water partition coefficient (Wildman–Crippen LogP) is 3.95. The second-order valence-electron chi connectivity index (χ2n) is 4.11. The molecule has 1 aliphatic carbocycles. The molecule has 3 atom stereocenters. The van der Waals surface area contributed by atoms with Gasteiger partial charge in [0.1, 0.15) is 2.14 Å². The summed E-state index contributed by atoms with van der Waals surface area (Å²) in [7, 11) is 0. The highest BCUT2D eigenvalue weighted by atomic mass is 80.0. The molecule has 14 heavy (non-hydrogen) atoms. The molecule has 1 aliphatic rings. The molecule has 0 aromatic carbocycles. The van der Waals surface area contributed by atoms with E-state index in [-0.39, 0.29) is 22.1 Å². The van der Waals surface area contributed by atoms with Gasteiger partial charge >= 0.3 is 5.97 Å². The van der Waals surface area contributed by atoms with E-state index in [0.717, 1.165) is 0 Å². The van der Waals surface area contributed by atoms with Crippen LogP contribution in [0.2, 0.25) is 0 Å². The lowest BCUT2D eigenvalue weighted by atomic mass is 10.1. The van der Waals surface area contributed by atoms with Crippen molar-refractivity contribution in [2.75, 3.05) is 0 Å². The van der Waals surface area contributed by atoms with Crippen LogP contribution in [0.5, 0.6) is 0 Å². The number of hydrogen-bond donors (Lipinski definition) is 1. The van der Waals surface area contributed by atoms with Gasteiger partial charge in [-0.3, -0.25) is 4.79 Å². The van der Waals surface area contributed by atoms with E-state index >= 15 is 0 Å². The van der Waals surface area contributed by atoms with Crippen molar-refractivity contribution in [1.29, 1.82) is 0 Å². The van der Waals surface area contributed by atoms with Gasteiger partial charge < -0.3 is 5.11 Å². The quantitative estimate of drug-likeness (QED) is 0.638. The van der Waals surface area contributed by atoms with Crippen LogP contribution in [0, 0.1) is 17.3 Å². The second kappa shape index (κ2) is 4.00. The zero-order valence-corrected chi connectivity index (χ0v) is 13.9. The molecular weight excluding hydrogens is 448 g/mol. The first kappa shape index (κ1) is 13.5. The van der Waals surface area contributed by atoms with Crippen molar-refractivity contribution in [3.8, 4) is 0 Å². The number of alkyl halides is 4. The van der Waals surface area contributed by atoms with E-state index < -0.39 is 8.11 Å². The average Bonchev–Trinajstić information content (AvgIpc) is 2.49. The van der Waals surface area contributed by atoms with Crippen molar-refractivity contribution in [1.82, 2.24) is 0 Å². The van der Waals surface area contributed by atoms with Crippen molar-refractivity contribution in [3.63, 3.8) is 0 Å². The molecule has 1 saturated carbocycles. The summed E-state index contributed by atoms with van der Waals surface area (Å²) in [6.45, 7) is 3.95. The molecule has 1 rings (SSSR count). The predicted molar refractivity (Wildman–Crippen MR) is 70.6 cm³/mol. The number of aliphatic carboxylic acids is 1. The van der Waals surface area contributed by atoms with E-state index in [0.29, 0.717) is 0 Å². The summed E-state index contributed by atoms with van der Waals surface area (Å²) in [5, 5.41) is 9.01. The molecule has 0 aromatic rings. The monoisotopic (exact) mass is 454 g/mol. The summed E-state index contributed by atoms with van der Waals surface area (Å²) in [6.07, 6.45) is 0. The molecule has 1 N–H and O–H groups in total. The zero-order chi connectivity index (χ0) is 11.3. The fourth-order valence-corrected chi connectivity index (χ4v) is 3.74. The molecule has 0 amide bonds. The van der Waals surface area contributed by atoms with Crippen LogP contribution in [0.15, 0.2) is 0 Å². The minimum atomic E-state index is -0.721. The molecule has 0 radical (unpaired) electrons. The van der Waals surface area contributed by atoms with Crippen LogP contribution in [-0.4, -0.2) is 18.0 Å². The summed E-state index contributed by atoms with van der Waals surface area (Å²) in [5.41, 5.74) is -0.152. The molecule has 82 valence electrons. The third-order valence-electron chi connectivity index (χ3n) is 2.80. The smallest absolute Gasteiger partial charge is 0.307 e. The highest BCUT2D eigenvalue weighted by Crippen LogP contribution is 2.65. The Morgan fingerprint density at radius 1 is 1.43 bits per heavy atom. The minimum absolute atomic E-state index is 0.0195. The zero-order valence-electron chi connectivity index (χ0n) is 7.60. The van der Waals surface area contributed by atoms with Crippen LogP contribution in [0.4, 0.5) is 0 Å². The summed E-state index contributed by atoms with van der Waals surface area (Å²) in [4.78, 5) is 11.0. The van der Waals surface area contributed by atoms with E-state index in [1.54, 1.807) is 0 Å². The first-order valence-corrected chi connectivity index (χ1v) is 7.33. The van der Waals surface area contributed by atoms with Gasteiger partial charge in [-0.1, -0.05) is 77.6 Å². The largest absolute Gasteiger partial charge is 0.481 e. The fraction of sp³-hybridized carbons (Fsp3) is 0.875. The first-order valence-electron chi connectivity index (χ1n) is 4.03. The summed E-state index contributed by atoms with van der Waals surface area (Å²) >= 11 is 13.7. The van der Waals surface area contributed by atoms with Crippen molar-refractivity contribution >= 4 is 69.7 Å². The van der Waals surface area contributed by atoms with Gasteiger partial charge in [0.15, 0.2) is 0 Å². The van der Waals surface area contributed by atoms with Gasteiger partial charge in [0, 0.05) is 0 Å². The van der Waals surface area contributed by atoms with E-state index in [4.69, 9.17) is 5.11 Å². The Hall–Kier alpha value is 1.39. The Kier molecular flexibility index (Phi) is 3.85. The summed E-state index contributed by atoms with van der Waals surface area (Å²) in [6, 6.07) is 0. The maximum absolute atomic E-state index is 11.0. The van der Waals surface area contributed by atoms with Gasteiger partial charge in [-0.05, 0) is 11.3 Å². The Labute approximate surface area is 117 Å². The van der Waals surface area contributed by atoms with Crippen molar-refractivity contribution in [2.45, 2.75) is 20.8 Å². The minimum Gasteiger partial charge on any atom is -0.481 e. The van der Waals surface area contributed by atoms with E-state index in [9.17, 15) is 4.79 Å². The molecule has 0 spiro atoms. The Morgan fingerprint density at radius 3 is 2.07 bits per heavy atom. The number of rotatable bonds is 2. The van der Waals surface area contributed by atoms with Crippen LogP contribution in [0.25, 0.3) is 0 Å². The molecule has 1 fully saturated rings. The van der Waals surface area contributed by atoms with Gasteiger partial charge in [0.2, 0.25) is 0 Å². The standard InChI is InChI=1S/C8H10Br4O2/c1-7(2)3(4(7)6(13)14)5(9)8(10,11)12/h3-5H,1-2H3,(H,13,14). The Balaban J connectivity index is 2.79. The van der Waals surface area contributed by atoms with E-state index in [1.807, 2.05) is 13.8 Å².